The minimum absolute atomic E-state index is 0.147. The number of Topliss-reactive ketones (excluding diaryl/α,β-unsaturated/α-hetero) is 1. The number of carbonyl (C=O) groups is 2. The van der Waals surface area contributed by atoms with Crippen molar-refractivity contribution in [3.8, 4) is 23.0 Å². The van der Waals surface area contributed by atoms with Gasteiger partial charge in [-0.3, -0.25) is 9.59 Å². The molecule has 0 radical (unpaired) electrons. The lowest BCUT2D eigenvalue weighted by molar-refractivity contribution is -0.133. The summed E-state index contributed by atoms with van der Waals surface area (Å²) in [4.78, 5) is 29.1. The first-order valence-corrected chi connectivity index (χ1v) is 11.9. The van der Waals surface area contributed by atoms with Gasteiger partial charge in [-0.1, -0.05) is 18.2 Å². The van der Waals surface area contributed by atoms with Gasteiger partial charge in [-0.2, -0.15) is 0 Å². The highest BCUT2D eigenvalue weighted by Gasteiger charge is 2.28. The molecular formula is C28H23FN2O6. The maximum atomic E-state index is 14.1. The zero-order valence-electron chi connectivity index (χ0n) is 19.8. The third-order valence-electron chi connectivity index (χ3n) is 6.52. The van der Waals surface area contributed by atoms with Crippen LogP contribution in [0.15, 0.2) is 66.4 Å². The lowest BCUT2D eigenvalue weighted by atomic mass is 10.1. The summed E-state index contributed by atoms with van der Waals surface area (Å²) in [5.74, 6) is 1.61. The smallest absolute Gasteiger partial charge is 0.260 e. The molecule has 0 atom stereocenters. The molecule has 6 rings (SSSR count). The van der Waals surface area contributed by atoms with Crippen LogP contribution in [0.1, 0.15) is 15.9 Å². The van der Waals surface area contributed by atoms with Gasteiger partial charge in [-0.25, -0.2) is 4.39 Å². The summed E-state index contributed by atoms with van der Waals surface area (Å²) in [5, 5.41) is 0. The van der Waals surface area contributed by atoms with Crippen molar-refractivity contribution in [3.05, 3.63) is 83.4 Å². The molecule has 0 unspecified atom stereocenters. The minimum Gasteiger partial charge on any atom is -0.484 e. The number of carbonyl (C=O) groups excluding carboxylic acids is 2. The summed E-state index contributed by atoms with van der Waals surface area (Å²) < 4.78 is 36.3. The number of ether oxygens (including phenoxy) is 4. The fourth-order valence-electron chi connectivity index (χ4n) is 4.55. The van der Waals surface area contributed by atoms with Crippen molar-refractivity contribution < 1.29 is 32.9 Å². The van der Waals surface area contributed by atoms with Gasteiger partial charge in [-0.05, 0) is 48.0 Å². The lowest BCUT2D eigenvalue weighted by Crippen LogP contribution is -2.50. The summed E-state index contributed by atoms with van der Waals surface area (Å²) in [5.41, 5.74) is 1.72. The van der Waals surface area contributed by atoms with Gasteiger partial charge in [0.1, 0.15) is 17.3 Å². The largest absolute Gasteiger partial charge is 0.484 e. The molecule has 3 aliphatic rings. The quantitative estimate of drug-likeness (QED) is 0.490. The van der Waals surface area contributed by atoms with Crippen LogP contribution in [0.2, 0.25) is 0 Å². The van der Waals surface area contributed by atoms with Gasteiger partial charge in [0.05, 0.1) is 11.3 Å². The molecule has 0 aliphatic carbocycles. The molecule has 37 heavy (non-hydrogen) atoms. The van der Waals surface area contributed by atoms with Gasteiger partial charge in [0.15, 0.2) is 23.9 Å². The molecule has 1 amide bonds. The summed E-state index contributed by atoms with van der Waals surface area (Å²) >= 11 is 0. The van der Waals surface area contributed by atoms with Crippen molar-refractivity contribution in [1.82, 2.24) is 4.90 Å². The van der Waals surface area contributed by atoms with E-state index in [0.717, 1.165) is 5.56 Å². The normalized spacial score (nSPS) is 17.1. The molecule has 1 saturated heterocycles. The van der Waals surface area contributed by atoms with E-state index in [2.05, 4.69) is 0 Å². The summed E-state index contributed by atoms with van der Waals surface area (Å²) in [6.07, 6.45) is 1.65. The lowest BCUT2D eigenvalue weighted by Gasteiger charge is -2.36. The van der Waals surface area contributed by atoms with E-state index in [1.54, 1.807) is 59.5 Å². The van der Waals surface area contributed by atoms with Crippen molar-refractivity contribution >= 4 is 23.5 Å². The Balaban J connectivity index is 1.06. The van der Waals surface area contributed by atoms with Crippen molar-refractivity contribution in [3.63, 3.8) is 0 Å². The SMILES string of the molecule is O=C1C(=Cc2ccc3c(c2)OCO3)Oc2cc(OCC(=O)N3CCN(c4ccccc4F)CC3)ccc21. The number of rotatable bonds is 5. The number of anilines is 1. The average molecular weight is 502 g/mol. The molecule has 0 bridgehead atoms. The zero-order valence-corrected chi connectivity index (χ0v) is 19.8. The molecule has 3 aliphatic heterocycles. The number of ketones is 1. The predicted molar refractivity (Wildman–Crippen MR) is 133 cm³/mol. The van der Waals surface area contributed by atoms with Crippen LogP contribution in [0.4, 0.5) is 10.1 Å². The number of fused-ring (bicyclic) bond motifs is 2. The summed E-state index contributed by atoms with van der Waals surface area (Å²) in [6, 6.07) is 16.9. The van der Waals surface area contributed by atoms with Crippen LogP contribution in [-0.2, 0) is 4.79 Å². The molecule has 9 heteroatoms. The molecule has 8 nitrogen and oxygen atoms in total. The average Bonchev–Trinajstić information content (AvgIpc) is 3.51. The first kappa shape index (κ1) is 22.9. The number of hydrogen-bond acceptors (Lipinski definition) is 7. The Labute approximate surface area is 212 Å². The third-order valence-corrected chi connectivity index (χ3v) is 6.52. The maximum Gasteiger partial charge on any atom is 0.260 e. The summed E-state index contributed by atoms with van der Waals surface area (Å²) in [7, 11) is 0. The van der Waals surface area contributed by atoms with E-state index in [1.807, 2.05) is 11.0 Å². The van der Waals surface area contributed by atoms with Crippen molar-refractivity contribution in [1.29, 1.82) is 0 Å². The topological polar surface area (TPSA) is 77.5 Å². The van der Waals surface area contributed by atoms with Gasteiger partial charge in [0.2, 0.25) is 12.6 Å². The minimum atomic E-state index is -0.267. The number of amides is 1. The van der Waals surface area contributed by atoms with Crippen LogP contribution in [0.3, 0.4) is 0 Å². The molecule has 0 N–H and O–H groups in total. The zero-order chi connectivity index (χ0) is 25.4. The fraction of sp³-hybridized carbons (Fsp3) is 0.214. The van der Waals surface area contributed by atoms with Crippen LogP contribution in [-0.4, -0.2) is 56.2 Å². The molecule has 0 saturated carbocycles. The molecule has 188 valence electrons. The fourth-order valence-corrected chi connectivity index (χ4v) is 4.55. The number of para-hydroxylation sites is 1. The van der Waals surface area contributed by atoms with Crippen LogP contribution >= 0.6 is 0 Å². The van der Waals surface area contributed by atoms with E-state index >= 15 is 0 Å². The van der Waals surface area contributed by atoms with E-state index in [1.165, 1.54) is 6.07 Å². The number of halogens is 1. The molecule has 3 heterocycles. The van der Waals surface area contributed by atoms with Gasteiger partial charge in [0, 0.05) is 32.2 Å². The van der Waals surface area contributed by atoms with Crippen molar-refractivity contribution in [2.24, 2.45) is 0 Å². The highest BCUT2D eigenvalue weighted by Crippen LogP contribution is 2.37. The van der Waals surface area contributed by atoms with Crippen LogP contribution in [0, 0.1) is 5.82 Å². The summed E-state index contributed by atoms with van der Waals surface area (Å²) in [6.45, 7) is 2.07. The first-order valence-electron chi connectivity index (χ1n) is 11.9. The van der Waals surface area contributed by atoms with E-state index < -0.39 is 0 Å². The molecule has 0 spiro atoms. The first-order chi connectivity index (χ1) is 18.0. The van der Waals surface area contributed by atoms with E-state index in [9.17, 15) is 14.0 Å². The molecule has 1 fully saturated rings. The predicted octanol–water partition coefficient (Wildman–Crippen LogP) is 3.90. The van der Waals surface area contributed by atoms with Gasteiger partial charge in [0.25, 0.3) is 5.91 Å². The number of allylic oxidation sites excluding steroid dienone is 1. The molecule has 0 aromatic heterocycles. The molecule has 3 aromatic carbocycles. The second-order valence-corrected chi connectivity index (χ2v) is 8.82. The highest BCUT2D eigenvalue weighted by atomic mass is 19.1. The number of nitrogens with zero attached hydrogens (tertiary/aromatic N) is 2. The van der Waals surface area contributed by atoms with E-state index in [4.69, 9.17) is 18.9 Å². The van der Waals surface area contributed by atoms with Crippen molar-refractivity contribution in [2.75, 3.05) is 44.5 Å². The second-order valence-electron chi connectivity index (χ2n) is 8.82. The Bertz CT molecular complexity index is 1410. The van der Waals surface area contributed by atoms with Crippen molar-refractivity contribution in [2.45, 2.75) is 0 Å². The number of piperazine rings is 1. The Kier molecular flexibility index (Phi) is 5.88. The second kappa shape index (κ2) is 9.50. The van der Waals surface area contributed by atoms with Crippen LogP contribution in [0.25, 0.3) is 6.08 Å². The van der Waals surface area contributed by atoms with Gasteiger partial charge in [-0.15, -0.1) is 0 Å². The third kappa shape index (κ3) is 4.55. The standard InChI is InChI=1S/C28H23FN2O6/c29-21-3-1-2-4-22(21)30-9-11-31(12-10-30)27(32)16-34-19-6-7-20-24(15-19)37-26(28(20)33)14-18-5-8-23-25(13-18)36-17-35-23/h1-8,13-15H,9-12,16-17H2. The Morgan fingerprint density at radius 1 is 0.946 bits per heavy atom. The number of benzene rings is 3. The van der Waals surface area contributed by atoms with Crippen LogP contribution in [0.5, 0.6) is 23.0 Å². The maximum absolute atomic E-state index is 14.1. The van der Waals surface area contributed by atoms with E-state index in [0.29, 0.717) is 60.4 Å². The number of hydrogen-bond donors (Lipinski definition) is 0. The van der Waals surface area contributed by atoms with Crippen LogP contribution < -0.4 is 23.8 Å². The van der Waals surface area contributed by atoms with Gasteiger partial charge >= 0.3 is 0 Å². The Morgan fingerprint density at radius 3 is 2.59 bits per heavy atom. The highest BCUT2D eigenvalue weighted by molar-refractivity contribution is 6.14. The molecular weight excluding hydrogens is 479 g/mol. The monoisotopic (exact) mass is 502 g/mol. The Hall–Kier alpha value is -4.53. The van der Waals surface area contributed by atoms with Gasteiger partial charge < -0.3 is 28.7 Å². The van der Waals surface area contributed by atoms with E-state index in [-0.39, 0.29) is 36.7 Å². The molecule has 3 aromatic rings. The Morgan fingerprint density at radius 2 is 1.76 bits per heavy atom.